The number of amides is 1. The molecule has 1 amide bonds. The van der Waals surface area contributed by atoms with Crippen LogP contribution in [0.25, 0.3) is 6.08 Å². The summed E-state index contributed by atoms with van der Waals surface area (Å²) in [5, 5.41) is 0. The summed E-state index contributed by atoms with van der Waals surface area (Å²) in [4.78, 5) is 25.3. The summed E-state index contributed by atoms with van der Waals surface area (Å²) in [6, 6.07) is 5.24. The molecule has 1 aliphatic heterocycles. The molecule has 1 fully saturated rings. The van der Waals surface area contributed by atoms with Crippen LogP contribution < -0.4 is 9.47 Å². The molecule has 2 rings (SSSR count). The van der Waals surface area contributed by atoms with Gasteiger partial charge in [0.05, 0.1) is 27.4 Å². The van der Waals surface area contributed by atoms with Crippen molar-refractivity contribution in [3.8, 4) is 11.5 Å². The van der Waals surface area contributed by atoms with Crippen LogP contribution in [0.4, 0.5) is 0 Å². The molecule has 0 N–H and O–H groups in total. The number of rotatable bonds is 6. The van der Waals surface area contributed by atoms with E-state index in [-0.39, 0.29) is 12.5 Å². The average Bonchev–Trinajstić information content (AvgIpc) is 2.64. The molecule has 24 heavy (non-hydrogen) atoms. The maximum Gasteiger partial charge on any atom is 0.331 e. The number of nitrogens with zero attached hydrogens (tertiary/aromatic N) is 1. The zero-order valence-corrected chi connectivity index (χ0v) is 13.8. The fraction of sp³-hybridized carbons (Fsp3) is 0.412. The topological polar surface area (TPSA) is 74.3 Å². The molecule has 1 heterocycles. The van der Waals surface area contributed by atoms with Crippen molar-refractivity contribution in [3.63, 3.8) is 0 Å². The predicted molar refractivity (Wildman–Crippen MR) is 86.9 cm³/mol. The lowest BCUT2D eigenvalue weighted by molar-refractivity contribution is -0.150. The third-order valence-electron chi connectivity index (χ3n) is 3.54. The highest BCUT2D eigenvalue weighted by Crippen LogP contribution is 2.25. The Morgan fingerprint density at radius 3 is 2.62 bits per heavy atom. The van der Waals surface area contributed by atoms with Gasteiger partial charge in [-0.2, -0.15) is 0 Å². The van der Waals surface area contributed by atoms with Crippen LogP contribution in [0.1, 0.15) is 5.56 Å². The molecule has 0 aliphatic carbocycles. The van der Waals surface area contributed by atoms with Gasteiger partial charge in [0.25, 0.3) is 5.91 Å². The van der Waals surface area contributed by atoms with Gasteiger partial charge in [-0.05, 0) is 18.2 Å². The van der Waals surface area contributed by atoms with Gasteiger partial charge in [-0.25, -0.2) is 4.79 Å². The molecular weight excluding hydrogens is 314 g/mol. The van der Waals surface area contributed by atoms with Crippen LogP contribution in [0, 0.1) is 0 Å². The Morgan fingerprint density at radius 2 is 1.96 bits per heavy atom. The number of morpholine rings is 1. The second kappa shape index (κ2) is 8.93. The second-order valence-electron chi connectivity index (χ2n) is 5.04. The minimum Gasteiger partial charge on any atom is -0.497 e. The van der Waals surface area contributed by atoms with Crippen LogP contribution in [0.3, 0.4) is 0 Å². The highest BCUT2D eigenvalue weighted by atomic mass is 16.5. The van der Waals surface area contributed by atoms with E-state index in [4.69, 9.17) is 18.9 Å². The van der Waals surface area contributed by atoms with Crippen LogP contribution in [-0.2, 0) is 19.1 Å². The molecule has 7 nitrogen and oxygen atoms in total. The van der Waals surface area contributed by atoms with E-state index in [0.29, 0.717) is 43.4 Å². The molecule has 1 saturated heterocycles. The van der Waals surface area contributed by atoms with Crippen LogP contribution in [0.2, 0.25) is 0 Å². The van der Waals surface area contributed by atoms with Gasteiger partial charge >= 0.3 is 5.97 Å². The first kappa shape index (κ1) is 17.8. The lowest BCUT2D eigenvalue weighted by Crippen LogP contribution is -2.42. The summed E-state index contributed by atoms with van der Waals surface area (Å²) in [7, 11) is 3.10. The van der Waals surface area contributed by atoms with Crippen molar-refractivity contribution in [1.82, 2.24) is 4.90 Å². The third kappa shape index (κ3) is 4.99. The summed E-state index contributed by atoms with van der Waals surface area (Å²) in [5.74, 6) is 0.419. The number of carbonyl (C=O) groups excluding carboxylic acids is 2. The lowest BCUT2D eigenvalue weighted by atomic mass is 10.2. The Kier molecular flexibility index (Phi) is 6.62. The molecule has 0 saturated carbocycles. The zero-order chi connectivity index (χ0) is 17.4. The zero-order valence-electron chi connectivity index (χ0n) is 13.8. The Hall–Kier alpha value is -2.54. The van der Waals surface area contributed by atoms with Crippen molar-refractivity contribution in [3.05, 3.63) is 29.8 Å². The average molecular weight is 335 g/mol. The minimum absolute atomic E-state index is 0.220. The second-order valence-corrected chi connectivity index (χ2v) is 5.04. The fourth-order valence-electron chi connectivity index (χ4n) is 2.20. The van der Waals surface area contributed by atoms with Gasteiger partial charge in [-0.3, -0.25) is 4.79 Å². The lowest BCUT2D eigenvalue weighted by Gasteiger charge is -2.26. The van der Waals surface area contributed by atoms with E-state index >= 15 is 0 Å². The van der Waals surface area contributed by atoms with E-state index in [0.717, 1.165) is 0 Å². The van der Waals surface area contributed by atoms with Gasteiger partial charge in [0.2, 0.25) is 0 Å². The van der Waals surface area contributed by atoms with Crippen LogP contribution in [0.5, 0.6) is 11.5 Å². The maximum absolute atomic E-state index is 11.9. The maximum atomic E-state index is 11.9. The highest BCUT2D eigenvalue weighted by Gasteiger charge is 2.17. The number of hydrogen-bond donors (Lipinski definition) is 0. The number of carbonyl (C=O) groups is 2. The van der Waals surface area contributed by atoms with Crippen LogP contribution >= 0.6 is 0 Å². The summed E-state index contributed by atoms with van der Waals surface area (Å²) < 4.78 is 20.5. The Balaban J connectivity index is 1.87. The molecule has 1 aromatic rings. The number of esters is 1. The first-order valence-corrected chi connectivity index (χ1v) is 7.56. The van der Waals surface area contributed by atoms with Gasteiger partial charge in [-0.15, -0.1) is 0 Å². The number of benzene rings is 1. The van der Waals surface area contributed by atoms with Crippen molar-refractivity contribution in [2.45, 2.75) is 0 Å². The number of hydrogen-bond acceptors (Lipinski definition) is 6. The smallest absolute Gasteiger partial charge is 0.331 e. The van der Waals surface area contributed by atoms with Crippen LogP contribution in [-0.4, -0.2) is 63.9 Å². The Labute approximate surface area is 140 Å². The summed E-state index contributed by atoms with van der Waals surface area (Å²) in [6.45, 7) is 1.79. The molecule has 0 radical (unpaired) electrons. The van der Waals surface area contributed by atoms with E-state index in [1.807, 2.05) is 0 Å². The van der Waals surface area contributed by atoms with E-state index < -0.39 is 5.97 Å². The van der Waals surface area contributed by atoms with E-state index in [1.165, 1.54) is 13.2 Å². The molecule has 7 heteroatoms. The molecule has 0 aromatic heterocycles. The van der Waals surface area contributed by atoms with E-state index in [1.54, 1.807) is 36.3 Å². The van der Waals surface area contributed by atoms with Gasteiger partial charge in [0, 0.05) is 30.8 Å². The predicted octanol–water partition coefficient (Wildman–Crippen LogP) is 1.12. The summed E-state index contributed by atoms with van der Waals surface area (Å²) in [5.41, 5.74) is 0.703. The fourth-order valence-corrected chi connectivity index (χ4v) is 2.20. The standard InChI is InChI=1S/C17H21NO6/c1-21-14-5-3-13(15(11-14)22-2)4-6-17(20)24-12-16(19)18-7-9-23-10-8-18/h3-6,11H,7-10,12H2,1-2H3/b6-4+. The van der Waals surface area contributed by atoms with Gasteiger partial charge in [-0.1, -0.05) is 0 Å². The van der Waals surface area contributed by atoms with E-state index in [9.17, 15) is 9.59 Å². The van der Waals surface area contributed by atoms with Gasteiger partial charge in [0.1, 0.15) is 11.5 Å². The summed E-state index contributed by atoms with van der Waals surface area (Å²) >= 11 is 0. The first-order chi connectivity index (χ1) is 11.6. The molecule has 1 aromatic carbocycles. The van der Waals surface area contributed by atoms with Crippen molar-refractivity contribution < 1.29 is 28.5 Å². The van der Waals surface area contributed by atoms with Gasteiger partial charge in [0.15, 0.2) is 6.61 Å². The quantitative estimate of drug-likeness (QED) is 0.573. The van der Waals surface area contributed by atoms with Crippen molar-refractivity contribution in [2.75, 3.05) is 47.1 Å². The molecule has 0 atom stereocenters. The molecule has 1 aliphatic rings. The molecular formula is C17H21NO6. The van der Waals surface area contributed by atoms with Crippen molar-refractivity contribution >= 4 is 18.0 Å². The normalized spacial score (nSPS) is 14.5. The van der Waals surface area contributed by atoms with E-state index in [2.05, 4.69) is 0 Å². The number of ether oxygens (including phenoxy) is 4. The molecule has 0 unspecified atom stereocenters. The molecule has 130 valence electrons. The SMILES string of the molecule is COc1ccc(/C=C/C(=O)OCC(=O)N2CCOCC2)c(OC)c1. The Bertz CT molecular complexity index is 607. The third-order valence-corrected chi connectivity index (χ3v) is 3.54. The Morgan fingerprint density at radius 1 is 1.21 bits per heavy atom. The monoisotopic (exact) mass is 335 g/mol. The largest absolute Gasteiger partial charge is 0.497 e. The molecule has 0 spiro atoms. The van der Waals surface area contributed by atoms with Crippen LogP contribution in [0.15, 0.2) is 24.3 Å². The van der Waals surface area contributed by atoms with Crippen molar-refractivity contribution in [2.24, 2.45) is 0 Å². The van der Waals surface area contributed by atoms with Gasteiger partial charge < -0.3 is 23.8 Å². The highest BCUT2D eigenvalue weighted by molar-refractivity contribution is 5.89. The minimum atomic E-state index is -0.588. The number of methoxy groups -OCH3 is 2. The summed E-state index contributed by atoms with van der Waals surface area (Å²) in [6.07, 6.45) is 2.83. The molecule has 0 bridgehead atoms. The van der Waals surface area contributed by atoms with Crippen molar-refractivity contribution in [1.29, 1.82) is 0 Å². The first-order valence-electron chi connectivity index (χ1n) is 7.56.